The number of nitrogens with one attached hydrogen (secondary N) is 2. The minimum Gasteiger partial charge on any atom is -0.299 e. The maximum atomic E-state index is 3.53. The molecule has 2 fully saturated rings. The van der Waals surface area contributed by atoms with Crippen LogP contribution in [-0.4, -0.2) is 32.8 Å². The van der Waals surface area contributed by atoms with Crippen LogP contribution < -0.4 is 10.6 Å². The number of benzene rings is 2. The van der Waals surface area contributed by atoms with Gasteiger partial charge in [-0.1, -0.05) is 86.8 Å². The van der Waals surface area contributed by atoms with Crippen molar-refractivity contribution in [3.05, 3.63) is 78.4 Å². The minimum absolute atomic E-state index is 0.633. The van der Waals surface area contributed by atoms with E-state index >= 15 is 0 Å². The summed E-state index contributed by atoms with van der Waals surface area (Å²) in [4.78, 5) is 0. The quantitative estimate of drug-likeness (QED) is 0.627. The molecule has 2 aromatic carbocycles. The van der Waals surface area contributed by atoms with Crippen LogP contribution in [0.25, 0.3) is 16.7 Å². The van der Waals surface area contributed by atoms with E-state index in [1.54, 1.807) is 5.57 Å². The minimum atomic E-state index is -1.60. The van der Waals surface area contributed by atoms with Crippen LogP contribution in [0.15, 0.2) is 72.8 Å². The topological polar surface area (TPSA) is 27.3 Å². The third kappa shape index (κ3) is 3.87. The van der Waals surface area contributed by atoms with Crippen LogP contribution in [-0.2, 0) is 0 Å². The lowest BCUT2D eigenvalue weighted by Crippen LogP contribution is -2.63. The number of hydrogen-bond acceptors (Lipinski definition) is 3. The highest BCUT2D eigenvalue weighted by atomic mass is 28.3. The van der Waals surface area contributed by atoms with E-state index in [0.29, 0.717) is 11.8 Å². The van der Waals surface area contributed by atoms with Crippen LogP contribution in [0.2, 0.25) is 18.6 Å². The molecule has 1 saturated carbocycles. The molecule has 1 saturated heterocycles. The number of allylic oxidation sites excluding steroid dienone is 4. The van der Waals surface area contributed by atoms with Crippen molar-refractivity contribution in [2.75, 3.05) is 20.0 Å². The van der Waals surface area contributed by atoms with Crippen molar-refractivity contribution >= 4 is 13.8 Å². The first-order chi connectivity index (χ1) is 15.1. The van der Waals surface area contributed by atoms with Gasteiger partial charge in [0.05, 0.1) is 0 Å². The Morgan fingerprint density at radius 3 is 2.39 bits per heavy atom. The van der Waals surface area contributed by atoms with E-state index in [1.165, 1.54) is 23.1 Å². The smallest absolute Gasteiger partial charge is 0.129 e. The Morgan fingerprint density at radius 1 is 0.903 bits per heavy atom. The zero-order valence-electron chi connectivity index (χ0n) is 19.0. The summed E-state index contributed by atoms with van der Waals surface area (Å²) in [7, 11) is -1.60. The van der Waals surface area contributed by atoms with Crippen LogP contribution in [0.5, 0.6) is 0 Å². The van der Waals surface area contributed by atoms with Gasteiger partial charge in [0.2, 0.25) is 0 Å². The van der Waals surface area contributed by atoms with Gasteiger partial charge in [-0.2, -0.15) is 0 Å². The molecular weight excluding hydrogens is 394 g/mol. The molecule has 0 amide bonds. The molecule has 3 nitrogen and oxygen atoms in total. The third-order valence-corrected chi connectivity index (χ3v) is 12.4. The maximum Gasteiger partial charge on any atom is 0.129 e. The largest absolute Gasteiger partial charge is 0.299 e. The zero-order chi connectivity index (χ0) is 21.4. The Bertz CT molecular complexity index is 975. The monoisotopic (exact) mass is 429 g/mol. The van der Waals surface area contributed by atoms with E-state index in [-0.39, 0.29) is 0 Å². The fourth-order valence-electron chi connectivity index (χ4n) is 6.46. The van der Waals surface area contributed by atoms with Gasteiger partial charge in [0.1, 0.15) is 8.24 Å². The summed E-state index contributed by atoms with van der Waals surface area (Å²) >= 11 is 0. The Balaban J connectivity index is 1.44. The summed E-state index contributed by atoms with van der Waals surface area (Å²) in [6.07, 6.45) is 8.56. The standard InChI is InChI=1S/C27H35N3Si/c1-20-15-26-24(23-12-7-11-22(16-23)21-9-5-4-6-10-21)13-8-14-25(26)27(20)31(2,3)30-18-28-17-29-19-30/h4-14,16,20,25-29H,15,17-19H2,1-3H3. The SMILES string of the molecule is CC1CC2C(c3cccc(-c4ccccc4)c3)=CC=CC2C1[Si](C)(C)N1CNCNC1. The lowest BCUT2D eigenvalue weighted by atomic mass is 9.81. The predicted octanol–water partition coefficient (Wildman–Crippen LogP) is 5.52. The van der Waals surface area contributed by atoms with E-state index in [2.05, 4.69) is 108 Å². The molecule has 2 aliphatic carbocycles. The second-order valence-corrected chi connectivity index (χ2v) is 14.7. The maximum absolute atomic E-state index is 3.53. The second kappa shape index (κ2) is 8.51. The summed E-state index contributed by atoms with van der Waals surface area (Å²) in [5.74, 6) is 2.04. The van der Waals surface area contributed by atoms with Crippen molar-refractivity contribution in [1.82, 2.24) is 15.2 Å². The van der Waals surface area contributed by atoms with Crippen molar-refractivity contribution in [3.8, 4) is 11.1 Å². The Labute approximate surface area is 188 Å². The van der Waals surface area contributed by atoms with Crippen molar-refractivity contribution in [2.24, 2.45) is 17.8 Å². The molecule has 0 radical (unpaired) electrons. The van der Waals surface area contributed by atoms with Crippen molar-refractivity contribution in [2.45, 2.75) is 32.0 Å². The number of rotatable bonds is 4. The fourth-order valence-corrected chi connectivity index (χ4v) is 10.7. The van der Waals surface area contributed by atoms with Gasteiger partial charge in [0, 0.05) is 20.0 Å². The van der Waals surface area contributed by atoms with Crippen molar-refractivity contribution < 1.29 is 0 Å². The molecule has 0 bridgehead atoms. The van der Waals surface area contributed by atoms with E-state index in [9.17, 15) is 0 Å². The summed E-state index contributed by atoms with van der Waals surface area (Å²) in [6.45, 7) is 10.7. The molecule has 162 valence electrons. The van der Waals surface area contributed by atoms with Crippen LogP contribution in [0.3, 0.4) is 0 Å². The molecule has 3 aliphatic rings. The molecule has 0 aromatic heterocycles. The first kappa shape index (κ1) is 20.9. The highest BCUT2D eigenvalue weighted by molar-refractivity contribution is 6.76. The molecular formula is C27H35N3Si. The first-order valence-corrected chi connectivity index (χ1v) is 14.8. The molecule has 1 aliphatic heterocycles. The molecule has 4 atom stereocenters. The number of nitrogens with zero attached hydrogens (tertiary/aromatic N) is 1. The molecule has 1 heterocycles. The number of hydrogen-bond donors (Lipinski definition) is 2. The van der Waals surface area contributed by atoms with Crippen LogP contribution >= 0.6 is 0 Å². The number of fused-ring (bicyclic) bond motifs is 1. The van der Waals surface area contributed by atoms with Gasteiger partial charge in [-0.25, -0.2) is 0 Å². The Morgan fingerprint density at radius 2 is 1.61 bits per heavy atom. The molecule has 0 spiro atoms. The van der Waals surface area contributed by atoms with Crippen LogP contribution in [0, 0.1) is 17.8 Å². The molecule has 31 heavy (non-hydrogen) atoms. The van der Waals surface area contributed by atoms with E-state index in [0.717, 1.165) is 31.5 Å². The normalized spacial score (nSPS) is 28.9. The average molecular weight is 430 g/mol. The molecule has 5 rings (SSSR count). The third-order valence-electron chi connectivity index (χ3n) is 7.92. The van der Waals surface area contributed by atoms with Gasteiger partial charge in [0.15, 0.2) is 0 Å². The summed E-state index contributed by atoms with van der Waals surface area (Å²) in [5, 5.41) is 7.06. The van der Waals surface area contributed by atoms with Gasteiger partial charge in [-0.05, 0) is 58.0 Å². The lowest BCUT2D eigenvalue weighted by molar-refractivity contribution is 0.280. The van der Waals surface area contributed by atoms with Gasteiger partial charge in [-0.15, -0.1) is 0 Å². The summed E-state index contributed by atoms with van der Waals surface area (Å²) in [6, 6.07) is 19.9. The fraction of sp³-hybridized carbons (Fsp3) is 0.407. The van der Waals surface area contributed by atoms with Gasteiger partial charge >= 0.3 is 0 Å². The first-order valence-electron chi connectivity index (χ1n) is 11.8. The van der Waals surface area contributed by atoms with Crippen LogP contribution in [0.4, 0.5) is 0 Å². The molecule has 2 aromatic rings. The highest BCUT2D eigenvalue weighted by Crippen LogP contribution is 2.57. The second-order valence-electron chi connectivity index (χ2n) is 10.1. The molecule has 4 heteroatoms. The highest BCUT2D eigenvalue weighted by Gasteiger charge is 2.52. The van der Waals surface area contributed by atoms with E-state index < -0.39 is 8.24 Å². The zero-order valence-corrected chi connectivity index (χ0v) is 20.0. The van der Waals surface area contributed by atoms with Crippen LogP contribution in [0.1, 0.15) is 18.9 Å². The van der Waals surface area contributed by atoms with Crippen molar-refractivity contribution in [3.63, 3.8) is 0 Å². The van der Waals surface area contributed by atoms with E-state index in [4.69, 9.17) is 0 Å². The predicted molar refractivity (Wildman–Crippen MR) is 134 cm³/mol. The average Bonchev–Trinajstić information content (AvgIpc) is 3.17. The molecule has 4 unspecified atom stereocenters. The Kier molecular flexibility index (Phi) is 5.74. The lowest BCUT2D eigenvalue weighted by Gasteiger charge is -2.47. The summed E-state index contributed by atoms with van der Waals surface area (Å²) < 4.78 is 2.72. The molecule has 2 N–H and O–H groups in total. The van der Waals surface area contributed by atoms with Crippen molar-refractivity contribution in [1.29, 1.82) is 0 Å². The summed E-state index contributed by atoms with van der Waals surface area (Å²) in [5.41, 5.74) is 6.32. The Hall–Kier alpha value is -1.98. The van der Waals surface area contributed by atoms with Gasteiger partial charge in [-0.3, -0.25) is 15.2 Å². The van der Waals surface area contributed by atoms with Gasteiger partial charge in [0.25, 0.3) is 0 Å². The van der Waals surface area contributed by atoms with E-state index in [1.807, 2.05) is 0 Å². The van der Waals surface area contributed by atoms with Gasteiger partial charge < -0.3 is 0 Å².